The molecular formula is C10H24NO+. The van der Waals surface area contributed by atoms with Crippen LogP contribution in [0, 0.1) is 5.92 Å². The van der Waals surface area contributed by atoms with Gasteiger partial charge >= 0.3 is 0 Å². The first-order valence-corrected chi connectivity index (χ1v) is 5.22. The van der Waals surface area contributed by atoms with Gasteiger partial charge < -0.3 is 10.4 Å². The van der Waals surface area contributed by atoms with Crippen molar-refractivity contribution in [2.75, 3.05) is 13.6 Å². The van der Waals surface area contributed by atoms with Crippen LogP contribution in [0.1, 0.15) is 39.5 Å². The highest BCUT2D eigenvalue weighted by molar-refractivity contribution is 4.65. The Morgan fingerprint density at radius 1 is 1.33 bits per heavy atom. The molecule has 12 heavy (non-hydrogen) atoms. The minimum Gasteiger partial charge on any atom is -0.387 e. The van der Waals surface area contributed by atoms with E-state index in [4.69, 9.17) is 0 Å². The van der Waals surface area contributed by atoms with E-state index >= 15 is 0 Å². The van der Waals surface area contributed by atoms with Crippen LogP contribution in [0.5, 0.6) is 0 Å². The number of unbranched alkanes of at least 4 members (excludes halogenated alkanes) is 1. The predicted octanol–water partition coefficient (Wildman–Crippen LogP) is 0.757. The Labute approximate surface area is 76.4 Å². The van der Waals surface area contributed by atoms with E-state index in [2.05, 4.69) is 19.2 Å². The molecule has 2 atom stereocenters. The quantitative estimate of drug-likeness (QED) is 0.587. The van der Waals surface area contributed by atoms with Gasteiger partial charge in [0.05, 0.1) is 7.05 Å². The van der Waals surface area contributed by atoms with E-state index in [1.165, 1.54) is 19.3 Å². The van der Waals surface area contributed by atoms with Crippen molar-refractivity contribution >= 4 is 0 Å². The molecule has 2 nitrogen and oxygen atoms in total. The molecule has 2 unspecified atom stereocenters. The van der Waals surface area contributed by atoms with Crippen molar-refractivity contribution in [3.63, 3.8) is 0 Å². The number of nitrogens with two attached hydrogens (primary N) is 1. The van der Waals surface area contributed by atoms with Crippen LogP contribution in [0.15, 0.2) is 0 Å². The number of hydrogen-bond acceptors (Lipinski definition) is 1. The van der Waals surface area contributed by atoms with Gasteiger partial charge in [0.2, 0.25) is 0 Å². The van der Waals surface area contributed by atoms with Gasteiger partial charge in [-0.1, -0.05) is 33.1 Å². The smallest absolute Gasteiger partial charge is 0.106 e. The summed E-state index contributed by atoms with van der Waals surface area (Å²) in [6, 6.07) is 0. The minimum atomic E-state index is -0.105. The van der Waals surface area contributed by atoms with Crippen molar-refractivity contribution in [3.05, 3.63) is 0 Å². The summed E-state index contributed by atoms with van der Waals surface area (Å²) in [6.07, 6.45) is 4.67. The van der Waals surface area contributed by atoms with Crippen LogP contribution in [0.2, 0.25) is 0 Å². The van der Waals surface area contributed by atoms with Crippen LogP contribution in [0.3, 0.4) is 0 Å². The van der Waals surface area contributed by atoms with E-state index in [0.29, 0.717) is 5.92 Å². The molecule has 0 saturated carbocycles. The maximum absolute atomic E-state index is 9.70. The molecule has 0 aromatic carbocycles. The highest BCUT2D eigenvalue weighted by atomic mass is 16.3. The number of rotatable bonds is 7. The van der Waals surface area contributed by atoms with Gasteiger partial charge in [-0.2, -0.15) is 0 Å². The summed E-state index contributed by atoms with van der Waals surface area (Å²) in [5.41, 5.74) is 0. The molecule has 0 fully saturated rings. The summed E-state index contributed by atoms with van der Waals surface area (Å²) in [5.74, 6) is 0.515. The highest BCUT2D eigenvalue weighted by Crippen LogP contribution is 2.15. The zero-order chi connectivity index (χ0) is 9.40. The Morgan fingerprint density at radius 3 is 2.42 bits per heavy atom. The maximum Gasteiger partial charge on any atom is 0.106 e. The zero-order valence-electron chi connectivity index (χ0n) is 8.71. The number of likely N-dealkylation sites (N-methyl/N-ethyl adjacent to an activating group) is 1. The Kier molecular flexibility index (Phi) is 7.51. The average Bonchev–Trinajstić information content (AvgIpc) is 2.06. The molecule has 0 aliphatic carbocycles. The van der Waals surface area contributed by atoms with Crippen LogP contribution in [0.25, 0.3) is 0 Å². The fourth-order valence-corrected chi connectivity index (χ4v) is 1.57. The third-order valence-electron chi connectivity index (χ3n) is 2.47. The molecule has 0 spiro atoms. The van der Waals surface area contributed by atoms with Crippen molar-refractivity contribution in [2.24, 2.45) is 5.92 Å². The van der Waals surface area contributed by atoms with Crippen molar-refractivity contribution in [1.29, 1.82) is 0 Å². The monoisotopic (exact) mass is 174 g/mol. The molecule has 0 aliphatic heterocycles. The van der Waals surface area contributed by atoms with Gasteiger partial charge in [0.15, 0.2) is 0 Å². The third kappa shape index (κ3) is 4.73. The van der Waals surface area contributed by atoms with Gasteiger partial charge in [-0.25, -0.2) is 0 Å². The minimum absolute atomic E-state index is 0.105. The summed E-state index contributed by atoms with van der Waals surface area (Å²) >= 11 is 0. The molecule has 0 amide bonds. The number of quaternary nitrogens is 1. The van der Waals surface area contributed by atoms with Gasteiger partial charge in [-0.05, 0) is 12.3 Å². The number of aliphatic hydroxyl groups is 1. The molecular weight excluding hydrogens is 150 g/mol. The van der Waals surface area contributed by atoms with E-state index in [1.807, 2.05) is 7.05 Å². The third-order valence-corrected chi connectivity index (χ3v) is 2.47. The molecule has 0 radical (unpaired) electrons. The lowest BCUT2D eigenvalue weighted by Crippen LogP contribution is -2.82. The van der Waals surface area contributed by atoms with Gasteiger partial charge in [0, 0.05) is 0 Å². The molecule has 0 saturated heterocycles. The van der Waals surface area contributed by atoms with Crippen LogP contribution >= 0.6 is 0 Å². The standard InChI is InChI=1S/C10H23NO/c1-4-6-7-9(5-2)10(12)8-11-3/h9-12H,4-8H2,1-3H3/p+1. The second-order valence-corrected chi connectivity index (χ2v) is 3.52. The molecule has 3 N–H and O–H groups in total. The Morgan fingerprint density at radius 2 is 2.00 bits per heavy atom. The summed E-state index contributed by atoms with van der Waals surface area (Å²) in [5, 5.41) is 11.8. The Hall–Kier alpha value is -0.0800. The first-order valence-electron chi connectivity index (χ1n) is 5.22. The lowest BCUT2D eigenvalue weighted by Gasteiger charge is -2.19. The van der Waals surface area contributed by atoms with Crippen molar-refractivity contribution in [1.82, 2.24) is 0 Å². The normalized spacial score (nSPS) is 16.0. The van der Waals surface area contributed by atoms with Gasteiger partial charge in [-0.15, -0.1) is 0 Å². The van der Waals surface area contributed by atoms with Crippen molar-refractivity contribution in [3.8, 4) is 0 Å². The van der Waals surface area contributed by atoms with E-state index in [1.54, 1.807) is 0 Å². The molecule has 0 aromatic heterocycles. The summed E-state index contributed by atoms with van der Waals surface area (Å²) < 4.78 is 0. The molecule has 0 heterocycles. The lowest BCUT2D eigenvalue weighted by atomic mass is 9.93. The first-order chi connectivity index (χ1) is 5.76. The van der Waals surface area contributed by atoms with Crippen LogP contribution in [0.4, 0.5) is 0 Å². The largest absolute Gasteiger partial charge is 0.387 e. The predicted molar refractivity (Wildman–Crippen MR) is 52.0 cm³/mol. The lowest BCUT2D eigenvalue weighted by molar-refractivity contribution is -0.635. The van der Waals surface area contributed by atoms with E-state index in [9.17, 15) is 5.11 Å². The highest BCUT2D eigenvalue weighted by Gasteiger charge is 2.17. The van der Waals surface area contributed by atoms with Crippen LogP contribution in [-0.4, -0.2) is 24.8 Å². The van der Waals surface area contributed by atoms with Crippen molar-refractivity contribution in [2.45, 2.75) is 45.6 Å². The van der Waals surface area contributed by atoms with E-state index in [0.717, 1.165) is 13.0 Å². The topological polar surface area (TPSA) is 36.8 Å². The second kappa shape index (κ2) is 7.56. The fourth-order valence-electron chi connectivity index (χ4n) is 1.57. The Balaban J connectivity index is 3.62. The van der Waals surface area contributed by atoms with E-state index in [-0.39, 0.29) is 6.10 Å². The molecule has 74 valence electrons. The number of hydrogen-bond donors (Lipinski definition) is 2. The second-order valence-electron chi connectivity index (χ2n) is 3.52. The molecule has 0 aliphatic rings. The van der Waals surface area contributed by atoms with Crippen molar-refractivity contribution < 1.29 is 10.4 Å². The Bertz CT molecular complexity index is 95.8. The molecule has 0 bridgehead atoms. The SMILES string of the molecule is CCCCC(CC)C(O)C[NH2+]C. The summed E-state index contributed by atoms with van der Waals surface area (Å²) in [4.78, 5) is 0. The van der Waals surface area contributed by atoms with Gasteiger partial charge in [0.25, 0.3) is 0 Å². The van der Waals surface area contributed by atoms with Crippen LogP contribution in [-0.2, 0) is 0 Å². The fraction of sp³-hybridized carbons (Fsp3) is 1.00. The molecule has 0 rings (SSSR count). The number of aliphatic hydroxyl groups excluding tert-OH is 1. The zero-order valence-corrected chi connectivity index (χ0v) is 8.71. The first kappa shape index (κ1) is 11.9. The molecule has 2 heteroatoms. The van der Waals surface area contributed by atoms with Crippen LogP contribution < -0.4 is 5.32 Å². The van der Waals surface area contributed by atoms with Gasteiger partial charge in [-0.3, -0.25) is 0 Å². The molecule has 0 aromatic rings. The maximum atomic E-state index is 9.70. The average molecular weight is 174 g/mol. The summed E-state index contributed by atoms with van der Waals surface area (Å²) in [7, 11) is 2.01. The van der Waals surface area contributed by atoms with Gasteiger partial charge in [0.1, 0.15) is 12.6 Å². The summed E-state index contributed by atoms with van der Waals surface area (Å²) in [6.45, 7) is 5.21. The van der Waals surface area contributed by atoms with E-state index < -0.39 is 0 Å².